The number of carbonyl (C=O) groups excluding carboxylic acids is 2. The molecule has 49 heavy (non-hydrogen) atoms. The number of amides is 2. The number of imidazole rings is 1. The minimum Gasteiger partial charge on any atom is -0.493 e. The summed E-state index contributed by atoms with van der Waals surface area (Å²) in [5, 5.41) is 16.4. The number of carbonyl (C=O) groups is 2. The molecule has 5 rings (SSSR count). The summed E-state index contributed by atoms with van der Waals surface area (Å²) < 4.78 is 12.7. The van der Waals surface area contributed by atoms with Gasteiger partial charge in [-0.2, -0.15) is 0 Å². The Morgan fingerprint density at radius 2 is 1.71 bits per heavy atom. The summed E-state index contributed by atoms with van der Waals surface area (Å²) in [5.74, 6) is 0.645. The molecule has 0 aliphatic rings. The molecule has 0 fully saturated rings. The number of hydrogen-bond acceptors (Lipinski definition) is 7. The van der Waals surface area contributed by atoms with Crippen LogP contribution in [0, 0.1) is 16.0 Å². The molecule has 254 valence electrons. The monoisotopic (exact) mass is 663 g/mol. The number of ether oxygens (including phenoxy) is 2. The van der Waals surface area contributed by atoms with Crippen LogP contribution in [0.5, 0.6) is 11.5 Å². The number of fused-ring (bicyclic) bond motifs is 1. The van der Waals surface area contributed by atoms with Gasteiger partial charge in [0.25, 0.3) is 11.6 Å². The van der Waals surface area contributed by atoms with Crippen LogP contribution in [0.4, 0.5) is 5.69 Å². The Labute approximate surface area is 285 Å². The summed E-state index contributed by atoms with van der Waals surface area (Å²) in [7, 11) is 3.08. The Balaban J connectivity index is 1.39. The maximum Gasteiger partial charge on any atom is 0.269 e. The van der Waals surface area contributed by atoms with Gasteiger partial charge in [-0.1, -0.05) is 74.9 Å². The molecule has 0 aliphatic heterocycles. The second-order valence-electron chi connectivity index (χ2n) is 12.1. The fraction of sp³-hybridized carbons (Fsp3) is 0.289. The third-order valence-electron chi connectivity index (χ3n) is 8.89. The third kappa shape index (κ3) is 8.42. The Kier molecular flexibility index (Phi) is 11.3. The molecular weight excluding hydrogens is 622 g/mol. The van der Waals surface area contributed by atoms with Gasteiger partial charge >= 0.3 is 0 Å². The fourth-order valence-electron chi connectivity index (χ4n) is 5.88. The zero-order chi connectivity index (χ0) is 34.9. The average Bonchev–Trinajstić information content (AvgIpc) is 3.55. The smallest absolute Gasteiger partial charge is 0.269 e. The number of methoxy groups -OCH3 is 2. The van der Waals surface area contributed by atoms with Crippen molar-refractivity contribution in [3.63, 3.8) is 0 Å². The SMILES string of the molecule is CC[C@H](C)[C@@H](CN(Cc1cccc2ccccc12)C(=O)c1ccc(OC)c(OC)c1)NC(=O)Cc1cncn1Cc1ccc([N+](=O)[O-])cc1. The van der Waals surface area contributed by atoms with Crippen LogP contribution in [0.2, 0.25) is 0 Å². The van der Waals surface area contributed by atoms with Gasteiger partial charge in [0.05, 0.1) is 31.9 Å². The third-order valence-corrected chi connectivity index (χ3v) is 8.89. The van der Waals surface area contributed by atoms with Crippen molar-refractivity contribution in [3.05, 3.63) is 130 Å². The minimum atomic E-state index is -0.435. The maximum atomic E-state index is 14.3. The molecule has 2 amide bonds. The van der Waals surface area contributed by atoms with Gasteiger partial charge in [0.2, 0.25) is 5.91 Å². The minimum absolute atomic E-state index is 0.0178. The highest BCUT2D eigenvalue weighted by Gasteiger charge is 2.27. The van der Waals surface area contributed by atoms with E-state index in [-0.39, 0.29) is 42.4 Å². The van der Waals surface area contributed by atoms with E-state index in [1.807, 2.05) is 41.0 Å². The van der Waals surface area contributed by atoms with Gasteiger partial charge in [-0.05, 0) is 46.0 Å². The van der Waals surface area contributed by atoms with Crippen molar-refractivity contribution in [2.45, 2.75) is 45.8 Å². The first-order valence-corrected chi connectivity index (χ1v) is 16.2. The quantitative estimate of drug-likeness (QED) is 0.101. The van der Waals surface area contributed by atoms with Crippen molar-refractivity contribution >= 4 is 28.3 Å². The Hall–Kier alpha value is -5.71. The molecular formula is C38H41N5O6. The maximum absolute atomic E-state index is 14.3. The van der Waals surface area contributed by atoms with Crippen LogP contribution in [0.1, 0.15) is 47.4 Å². The van der Waals surface area contributed by atoms with Gasteiger partial charge < -0.3 is 24.3 Å². The van der Waals surface area contributed by atoms with Crippen LogP contribution < -0.4 is 14.8 Å². The van der Waals surface area contributed by atoms with Crippen LogP contribution in [0.25, 0.3) is 10.8 Å². The van der Waals surface area contributed by atoms with Crippen molar-refractivity contribution in [1.82, 2.24) is 19.8 Å². The van der Waals surface area contributed by atoms with E-state index >= 15 is 0 Å². The van der Waals surface area contributed by atoms with Gasteiger partial charge in [0, 0.05) is 55.3 Å². The summed E-state index contributed by atoms with van der Waals surface area (Å²) in [6, 6.07) is 25.2. The normalized spacial score (nSPS) is 12.2. The van der Waals surface area contributed by atoms with E-state index < -0.39 is 4.92 Å². The van der Waals surface area contributed by atoms with Crippen molar-refractivity contribution in [3.8, 4) is 11.5 Å². The molecule has 5 aromatic rings. The summed E-state index contributed by atoms with van der Waals surface area (Å²) in [4.78, 5) is 44.6. The zero-order valence-corrected chi connectivity index (χ0v) is 28.2. The van der Waals surface area contributed by atoms with Gasteiger partial charge in [0.15, 0.2) is 11.5 Å². The lowest BCUT2D eigenvalue weighted by molar-refractivity contribution is -0.384. The van der Waals surface area contributed by atoms with Crippen LogP contribution in [0.15, 0.2) is 97.5 Å². The predicted octanol–water partition coefficient (Wildman–Crippen LogP) is 6.43. The van der Waals surface area contributed by atoms with Crippen molar-refractivity contribution in [2.75, 3.05) is 20.8 Å². The van der Waals surface area contributed by atoms with Gasteiger partial charge in [-0.3, -0.25) is 19.7 Å². The molecule has 0 saturated heterocycles. The molecule has 0 bridgehead atoms. The lowest BCUT2D eigenvalue weighted by atomic mass is 9.97. The number of nitro benzene ring substituents is 1. The number of hydrogen-bond donors (Lipinski definition) is 1. The summed E-state index contributed by atoms with van der Waals surface area (Å²) in [6.07, 6.45) is 4.16. The summed E-state index contributed by atoms with van der Waals surface area (Å²) in [5.41, 5.74) is 3.01. The summed E-state index contributed by atoms with van der Waals surface area (Å²) >= 11 is 0. The molecule has 11 nitrogen and oxygen atoms in total. The molecule has 0 radical (unpaired) electrons. The van der Waals surface area contributed by atoms with Crippen LogP contribution >= 0.6 is 0 Å². The molecule has 0 unspecified atom stereocenters. The first-order valence-electron chi connectivity index (χ1n) is 16.2. The van der Waals surface area contributed by atoms with E-state index in [9.17, 15) is 19.7 Å². The first kappa shape index (κ1) is 34.6. The molecule has 0 aliphatic carbocycles. The van der Waals surface area contributed by atoms with E-state index in [0.29, 0.717) is 35.8 Å². The number of non-ortho nitro benzene ring substituents is 1. The molecule has 1 N–H and O–H groups in total. The summed E-state index contributed by atoms with van der Waals surface area (Å²) in [6.45, 7) is 5.15. The molecule has 0 saturated carbocycles. The van der Waals surface area contributed by atoms with Crippen LogP contribution in [-0.2, 0) is 24.3 Å². The Morgan fingerprint density at radius 1 is 0.980 bits per heavy atom. The highest BCUT2D eigenvalue weighted by molar-refractivity contribution is 5.95. The van der Waals surface area contributed by atoms with Crippen molar-refractivity contribution in [1.29, 1.82) is 0 Å². The predicted molar refractivity (Wildman–Crippen MR) is 188 cm³/mol. The second-order valence-corrected chi connectivity index (χ2v) is 12.1. The topological polar surface area (TPSA) is 129 Å². The molecule has 2 atom stereocenters. The first-order chi connectivity index (χ1) is 23.7. The molecule has 1 heterocycles. The van der Waals surface area contributed by atoms with E-state index in [4.69, 9.17) is 9.47 Å². The van der Waals surface area contributed by atoms with Gasteiger partial charge in [-0.25, -0.2) is 4.98 Å². The van der Waals surface area contributed by atoms with Gasteiger partial charge in [-0.15, -0.1) is 0 Å². The van der Waals surface area contributed by atoms with E-state index in [1.165, 1.54) is 19.2 Å². The lowest BCUT2D eigenvalue weighted by Gasteiger charge is -2.32. The lowest BCUT2D eigenvalue weighted by Crippen LogP contribution is -2.49. The van der Waals surface area contributed by atoms with E-state index in [2.05, 4.69) is 30.2 Å². The zero-order valence-electron chi connectivity index (χ0n) is 28.2. The number of aromatic nitrogens is 2. The average molecular weight is 664 g/mol. The standard InChI is InChI=1S/C38H41N5O6/c1-5-26(2)34(40-37(44)20-32-21-39-25-42(32)22-27-13-16-31(17-14-27)43(46)47)24-41(23-30-11-8-10-28-9-6-7-12-33(28)30)38(45)29-15-18-35(48-3)36(19-29)49-4/h6-19,21,25-26,34H,5,20,22-24H2,1-4H3,(H,40,44)/t26-,34+/m0/s1. The molecule has 0 spiro atoms. The van der Waals surface area contributed by atoms with Crippen LogP contribution in [-0.4, -0.2) is 58.0 Å². The van der Waals surface area contributed by atoms with Crippen LogP contribution in [0.3, 0.4) is 0 Å². The van der Waals surface area contributed by atoms with E-state index in [0.717, 1.165) is 28.3 Å². The number of nitro groups is 1. The fourth-order valence-corrected chi connectivity index (χ4v) is 5.88. The number of rotatable bonds is 15. The number of nitrogens with zero attached hydrogens (tertiary/aromatic N) is 4. The Morgan fingerprint density at radius 3 is 2.43 bits per heavy atom. The highest BCUT2D eigenvalue weighted by Crippen LogP contribution is 2.29. The molecule has 4 aromatic carbocycles. The van der Waals surface area contributed by atoms with Crippen molar-refractivity contribution < 1.29 is 24.0 Å². The van der Waals surface area contributed by atoms with E-state index in [1.54, 1.807) is 54.9 Å². The highest BCUT2D eigenvalue weighted by atomic mass is 16.6. The van der Waals surface area contributed by atoms with Gasteiger partial charge in [0.1, 0.15) is 0 Å². The van der Waals surface area contributed by atoms with Crippen molar-refractivity contribution in [2.24, 2.45) is 5.92 Å². The second kappa shape index (κ2) is 15.9. The Bertz CT molecular complexity index is 1920. The number of nitrogens with one attached hydrogen (secondary N) is 1. The largest absolute Gasteiger partial charge is 0.493 e. The number of benzene rings is 4. The molecule has 1 aromatic heterocycles. The molecule has 11 heteroatoms.